The number of likely N-dealkylation sites (N-methyl/N-ethyl adjacent to an activating group) is 1. The van der Waals surface area contributed by atoms with Gasteiger partial charge in [-0.1, -0.05) is 13.0 Å². The number of carbonyl (C=O) groups is 2. The highest BCUT2D eigenvalue weighted by atomic mass is 16.5. The van der Waals surface area contributed by atoms with Crippen LogP contribution in [0.3, 0.4) is 0 Å². The summed E-state index contributed by atoms with van der Waals surface area (Å²) in [7, 11) is 3.23. The zero-order valence-corrected chi connectivity index (χ0v) is 15.6. The van der Waals surface area contributed by atoms with Crippen molar-refractivity contribution in [3.8, 4) is 0 Å². The Morgan fingerprint density at radius 3 is 2.00 bits per heavy atom. The van der Waals surface area contributed by atoms with E-state index in [1.165, 1.54) is 0 Å². The monoisotopic (exact) mass is 351 g/mol. The molecular formula is C18H29N3O4. The maximum Gasteiger partial charge on any atom is 0.246 e. The molecule has 140 valence electrons. The number of carbonyl (C=O) groups excluding carboxylic acids is 2. The van der Waals surface area contributed by atoms with Crippen molar-refractivity contribution in [2.45, 2.75) is 46.1 Å². The van der Waals surface area contributed by atoms with Gasteiger partial charge in [-0.15, -0.1) is 0 Å². The summed E-state index contributed by atoms with van der Waals surface area (Å²) in [5, 5.41) is 8.54. The molecule has 2 amide bonds. The van der Waals surface area contributed by atoms with Gasteiger partial charge in [-0.2, -0.15) is 0 Å². The van der Waals surface area contributed by atoms with Gasteiger partial charge >= 0.3 is 0 Å². The highest BCUT2D eigenvalue weighted by molar-refractivity contribution is 5.97. The predicted molar refractivity (Wildman–Crippen MR) is 97.2 cm³/mol. The highest BCUT2D eigenvalue weighted by Gasteiger charge is 2.19. The second-order valence-corrected chi connectivity index (χ2v) is 5.90. The van der Waals surface area contributed by atoms with Crippen LogP contribution in [-0.4, -0.2) is 44.7 Å². The SMILES string of the molecule is CCN[C@@H](C)C(=O)N[C@@H](C)C(=O)Nc1cc(COC)cc(COC)c1. The van der Waals surface area contributed by atoms with Gasteiger partial charge < -0.3 is 25.4 Å². The molecule has 0 heterocycles. The van der Waals surface area contributed by atoms with E-state index in [0.29, 0.717) is 25.4 Å². The quantitative estimate of drug-likeness (QED) is 0.593. The summed E-state index contributed by atoms with van der Waals surface area (Å²) in [4.78, 5) is 24.4. The number of hydrogen-bond donors (Lipinski definition) is 3. The molecule has 3 N–H and O–H groups in total. The minimum atomic E-state index is -0.648. The number of anilines is 1. The van der Waals surface area contributed by atoms with E-state index >= 15 is 0 Å². The first kappa shape index (κ1) is 21.1. The standard InChI is InChI=1S/C18H29N3O4/c1-6-19-12(2)17(22)20-13(3)18(23)21-16-8-14(10-24-4)7-15(9-16)11-25-5/h7-9,12-13,19H,6,10-11H2,1-5H3,(H,20,22)(H,21,23)/t12-,13-/m0/s1. The normalized spacial score (nSPS) is 13.2. The Morgan fingerprint density at radius 1 is 0.960 bits per heavy atom. The summed E-state index contributed by atoms with van der Waals surface area (Å²) < 4.78 is 10.3. The van der Waals surface area contributed by atoms with E-state index in [9.17, 15) is 9.59 Å². The van der Waals surface area contributed by atoms with E-state index < -0.39 is 6.04 Å². The van der Waals surface area contributed by atoms with Crippen molar-refractivity contribution in [1.82, 2.24) is 10.6 Å². The summed E-state index contributed by atoms with van der Waals surface area (Å²) in [6.45, 7) is 6.89. The number of benzene rings is 1. The molecule has 1 aromatic carbocycles. The molecule has 0 saturated carbocycles. The molecule has 7 nitrogen and oxygen atoms in total. The first-order valence-corrected chi connectivity index (χ1v) is 8.36. The number of hydrogen-bond acceptors (Lipinski definition) is 5. The molecule has 0 spiro atoms. The molecule has 2 atom stereocenters. The van der Waals surface area contributed by atoms with Crippen LogP contribution in [0.5, 0.6) is 0 Å². The number of rotatable bonds is 10. The van der Waals surface area contributed by atoms with Crippen molar-refractivity contribution < 1.29 is 19.1 Å². The van der Waals surface area contributed by atoms with Crippen LogP contribution < -0.4 is 16.0 Å². The maximum atomic E-state index is 12.4. The lowest BCUT2D eigenvalue weighted by atomic mass is 10.1. The van der Waals surface area contributed by atoms with Gasteiger partial charge in [0, 0.05) is 19.9 Å². The second kappa shape index (κ2) is 10.8. The first-order chi connectivity index (χ1) is 11.9. The number of amides is 2. The fourth-order valence-electron chi connectivity index (χ4n) is 2.39. The van der Waals surface area contributed by atoms with Gasteiger partial charge in [0.1, 0.15) is 6.04 Å². The van der Waals surface area contributed by atoms with Crippen molar-refractivity contribution >= 4 is 17.5 Å². The van der Waals surface area contributed by atoms with E-state index in [1.54, 1.807) is 28.1 Å². The van der Waals surface area contributed by atoms with Gasteiger partial charge in [0.15, 0.2) is 0 Å². The molecule has 0 bridgehead atoms. The van der Waals surface area contributed by atoms with Crippen molar-refractivity contribution in [3.63, 3.8) is 0 Å². The van der Waals surface area contributed by atoms with Crippen LogP contribution in [0, 0.1) is 0 Å². The van der Waals surface area contributed by atoms with Gasteiger partial charge in [0.2, 0.25) is 11.8 Å². The Hall–Kier alpha value is -1.96. The molecule has 0 aliphatic rings. The average molecular weight is 351 g/mol. The van der Waals surface area contributed by atoms with E-state index in [-0.39, 0.29) is 17.9 Å². The summed E-state index contributed by atoms with van der Waals surface area (Å²) in [5.74, 6) is -0.493. The smallest absolute Gasteiger partial charge is 0.246 e. The summed E-state index contributed by atoms with van der Waals surface area (Å²) in [6.07, 6.45) is 0. The van der Waals surface area contributed by atoms with Crippen LogP contribution in [0.4, 0.5) is 5.69 Å². The Bertz CT molecular complexity index is 553. The third-order valence-electron chi connectivity index (χ3n) is 3.60. The van der Waals surface area contributed by atoms with Gasteiger partial charge in [-0.25, -0.2) is 0 Å². The van der Waals surface area contributed by atoms with Crippen molar-refractivity contribution in [2.24, 2.45) is 0 Å². The summed E-state index contributed by atoms with van der Waals surface area (Å²) in [5.41, 5.74) is 2.52. The van der Waals surface area contributed by atoms with Gasteiger partial charge in [0.25, 0.3) is 0 Å². The molecule has 1 rings (SSSR count). The Labute approximate surface area is 149 Å². The average Bonchev–Trinajstić information content (AvgIpc) is 2.55. The second-order valence-electron chi connectivity index (χ2n) is 5.90. The number of ether oxygens (including phenoxy) is 2. The fourth-order valence-corrected chi connectivity index (χ4v) is 2.39. The van der Waals surface area contributed by atoms with Gasteiger partial charge in [-0.05, 0) is 43.7 Å². The Balaban J connectivity index is 2.75. The van der Waals surface area contributed by atoms with E-state index in [2.05, 4.69) is 16.0 Å². The third-order valence-corrected chi connectivity index (χ3v) is 3.60. The fraction of sp³-hybridized carbons (Fsp3) is 0.556. The van der Waals surface area contributed by atoms with Crippen molar-refractivity contribution in [3.05, 3.63) is 29.3 Å². The molecule has 0 unspecified atom stereocenters. The summed E-state index contributed by atoms with van der Waals surface area (Å²) >= 11 is 0. The predicted octanol–water partition coefficient (Wildman–Crippen LogP) is 1.42. The van der Waals surface area contributed by atoms with E-state index in [4.69, 9.17) is 9.47 Å². The Morgan fingerprint density at radius 2 is 1.52 bits per heavy atom. The minimum Gasteiger partial charge on any atom is -0.380 e. The molecule has 1 aromatic rings. The molecule has 0 aliphatic heterocycles. The maximum absolute atomic E-state index is 12.4. The summed E-state index contributed by atoms with van der Waals surface area (Å²) in [6, 6.07) is 4.66. The highest BCUT2D eigenvalue weighted by Crippen LogP contribution is 2.17. The van der Waals surface area contributed by atoms with Crippen LogP contribution in [0.25, 0.3) is 0 Å². The molecule has 7 heteroatoms. The molecule has 0 aromatic heterocycles. The molecular weight excluding hydrogens is 322 g/mol. The van der Waals surface area contributed by atoms with Crippen LogP contribution >= 0.6 is 0 Å². The van der Waals surface area contributed by atoms with E-state index in [1.807, 2.05) is 25.1 Å². The van der Waals surface area contributed by atoms with Gasteiger partial charge in [0.05, 0.1) is 19.3 Å². The minimum absolute atomic E-state index is 0.210. The topological polar surface area (TPSA) is 88.7 Å². The molecule has 0 fully saturated rings. The van der Waals surface area contributed by atoms with Crippen LogP contribution in [0.15, 0.2) is 18.2 Å². The van der Waals surface area contributed by atoms with Crippen LogP contribution in [-0.2, 0) is 32.3 Å². The third kappa shape index (κ3) is 7.21. The number of methoxy groups -OCH3 is 2. The lowest BCUT2D eigenvalue weighted by Crippen LogP contribution is -2.49. The molecule has 0 radical (unpaired) electrons. The van der Waals surface area contributed by atoms with E-state index in [0.717, 1.165) is 11.1 Å². The van der Waals surface area contributed by atoms with Crippen molar-refractivity contribution in [2.75, 3.05) is 26.1 Å². The number of nitrogens with one attached hydrogen (secondary N) is 3. The molecule has 0 aliphatic carbocycles. The van der Waals surface area contributed by atoms with Crippen molar-refractivity contribution in [1.29, 1.82) is 0 Å². The molecule has 0 saturated heterocycles. The van der Waals surface area contributed by atoms with Gasteiger partial charge in [-0.3, -0.25) is 9.59 Å². The lowest BCUT2D eigenvalue weighted by Gasteiger charge is -2.18. The van der Waals surface area contributed by atoms with Crippen LogP contribution in [0.1, 0.15) is 31.9 Å². The zero-order chi connectivity index (χ0) is 18.8. The first-order valence-electron chi connectivity index (χ1n) is 8.36. The largest absolute Gasteiger partial charge is 0.380 e. The lowest BCUT2D eigenvalue weighted by molar-refractivity contribution is -0.127. The Kier molecular flexibility index (Phi) is 9.12. The zero-order valence-electron chi connectivity index (χ0n) is 15.6. The van der Waals surface area contributed by atoms with Crippen LogP contribution in [0.2, 0.25) is 0 Å². The molecule has 25 heavy (non-hydrogen) atoms.